The van der Waals surface area contributed by atoms with Gasteiger partial charge in [-0.1, -0.05) is 12.5 Å². The van der Waals surface area contributed by atoms with E-state index in [2.05, 4.69) is 10.6 Å². The molecule has 0 aliphatic carbocycles. The van der Waals surface area contributed by atoms with Gasteiger partial charge in [0.25, 0.3) is 11.6 Å². The molecule has 0 fully saturated rings. The van der Waals surface area contributed by atoms with Gasteiger partial charge in [-0.05, 0) is 18.9 Å². The lowest BCUT2D eigenvalue weighted by Crippen LogP contribution is -2.26. The number of carboxylic acids is 1. The summed E-state index contributed by atoms with van der Waals surface area (Å²) in [6, 6.07) is 7.42. The van der Waals surface area contributed by atoms with Gasteiger partial charge in [-0.15, -0.1) is 0 Å². The Balaban J connectivity index is 2.49. The molecule has 0 saturated carbocycles. The van der Waals surface area contributed by atoms with Crippen LogP contribution < -0.4 is 10.6 Å². The summed E-state index contributed by atoms with van der Waals surface area (Å²) < 4.78 is 0. The highest BCUT2D eigenvalue weighted by Gasteiger charge is 2.09. The quantitative estimate of drug-likeness (QED) is 0.193. The molecule has 0 unspecified atom stereocenters. The van der Waals surface area contributed by atoms with Crippen LogP contribution in [0.25, 0.3) is 0 Å². The number of carbonyl (C=O) groups is 2. The summed E-state index contributed by atoms with van der Waals surface area (Å²) >= 11 is 0. The van der Waals surface area contributed by atoms with E-state index in [0.29, 0.717) is 31.5 Å². The molecule has 0 atom stereocenters. The number of nitriles is 1. The van der Waals surface area contributed by atoms with Crippen molar-refractivity contribution in [1.29, 1.82) is 5.26 Å². The van der Waals surface area contributed by atoms with Gasteiger partial charge in [-0.3, -0.25) is 19.7 Å². The van der Waals surface area contributed by atoms with E-state index < -0.39 is 16.8 Å². The molecule has 1 aromatic rings. The Morgan fingerprint density at radius 2 is 2.08 bits per heavy atom. The zero-order valence-corrected chi connectivity index (χ0v) is 13.4. The van der Waals surface area contributed by atoms with Crippen LogP contribution in [0.15, 0.2) is 36.0 Å². The van der Waals surface area contributed by atoms with Crippen LogP contribution in [0.4, 0.5) is 11.4 Å². The van der Waals surface area contributed by atoms with E-state index in [1.807, 2.05) is 0 Å². The smallest absolute Gasteiger partial charge is 0.303 e. The Bertz CT molecular complexity index is 709. The van der Waals surface area contributed by atoms with Gasteiger partial charge in [0.2, 0.25) is 0 Å². The van der Waals surface area contributed by atoms with Crippen molar-refractivity contribution in [1.82, 2.24) is 5.32 Å². The number of nitro groups is 1. The van der Waals surface area contributed by atoms with Crippen LogP contribution in [0, 0.1) is 21.4 Å². The van der Waals surface area contributed by atoms with Crippen LogP contribution in [0.3, 0.4) is 0 Å². The lowest BCUT2D eigenvalue weighted by Gasteiger charge is -2.05. The molecule has 25 heavy (non-hydrogen) atoms. The molecule has 0 aliphatic rings. The van der Waals surface area contributed by atoms with Crippen molar-refractivity contribution >= 4 is 23.3 Å². The largest absolute Gasteiger partial charge is 0.481 e. The average Bonchev–Trinajstić information content (AvgIpc) is 2.58. The summed E-state index contributed by atoms with van der Waals surface area (Å²) in [7, 11) is 0. The molecule has 1 aromatic carbocycles. The molecule has 9 heteroatoms. The maximum absolute atomic E-state index is 11.9. The summed E-state index contributed by atoms with van der Waals surface area (Å²) in [5.74, 6) is -1.43. The second kappa shape index (κ2) is 10.4. The Labute approximate surface area is 144 Å². The standard InChI is InChI=1S/C16H18N4O5/c17-10-12(16(23)18-8-3-1-2-7-15(21)22)11-19-13-5-4-6-14(9-13)20(24)25/h4-6,9,11,19H,1-3,7-8H2,(H,18,23)(H,21,22)/b12-11-. The number of benzene rings is 1. The molecule has 0 aliphatic heterocycles. The zero-order chi connectivity index (χ0) is 18.7. The van der Waals surface area contributed by atoms with Crippen LogP contribution in [-0.2, 0) is 9.59 Å². The van der Waals surface area contributed by atoms with Gasteiger partial charge in [-0.25, -0.2) is 0 Å². The number of nitrogens with zero attached hydrogens (tertiary/aromatic N) is 2. The van der Waals surface area contributed by atoms with Gasteiger partial charge < -0.3 is 15.7 Å². The fourth-order valence-corrected chi connectivity index (χ4v) is 1.89. The molecular weight excluding hydrogens is 328 g/mol. The molecule has 9 nitrogen and oxygen atoms in total. The van der Waals surface area contributed by atoms with Gasteiger partial charge in [0.05, 0.1) is 4.92 Å². The fraction of sp³-hybridized carbons (Fsp3) is 0.312. The second-order valence-electron chi connectivity index (χ2n) is 5.08. The van der Waals surface area contributed by atoms with Gasteiger partial charge in [0, 0.05) is 37.0 Å². The minimum Gasteiger partial charge on any atom is -0.481 e. The third-order valence-corrected chi connectivity index (χ3v) is 3.16. The summed E-state index contributed by atoms with van der Waals surface area (Å²) in [6.07, 6.45) is 3.06. The van der Waals surface area contributed by atoms with Crippen molar-refractivity contribution in [3.8, 4) is 6.07 Å². The minimum absolute atomic E-state index is 0.0877. The first-order valence-corrected chi connectivity index (χ1v) is 7.55. The number of nitrogens with one attached hydrogen (secondary N) is 2. The molecular formula is C16H18N4O5. The van der Waals surface area contributed by atoms with Crippen molar-refractivity contribution in [2.45, 2.75) is 25.7 Å². The highest BCUT2D eigenvalue weighted by Crippen LogP contribution is 2.17. The number of unbranched alkanes of at least 4 members (excludes halogenated alkanes) is 2. The number of nitro benzene ring substituents is 1. The average molecular weight is 346 g/mol. The van der Waals surface area contributed by atoms with E-state index in [0.717, 1.165) is 0 Å². The Kier molecular flexibility index (Phi) is 8.15. The van der Waals surface area contributed by atoms with Gasteiger partial charge in [0.15, 0.2) is 0 Å². The Morgan fingerprint density at radius 1 is 1.32 bits per heavy atom. The van der Waals surface area contributed by atoms with Crippen molar-refractivity contribution in [2.24, 2.45) is 0 Å². The van der Waals surface area contributed by atoms with E-state index in [9.17, 15) is 19.7 Å². The number of carbonyl (C=O) groups excluding carboxylic acids is 1. The SMILES string of the molecule is N#C/C(=C/Nc1cccc([N+](=O)[O-])c1)C(=O)NCCCCCC(=O)O. The molecule has 0 aromatic heterocycles. The van der Waals surface area contributed by atoms with E-state index in [-0.39, 0.29) is 17.7 Å². The number of hydrogen-bond acceptors (Lipinski definition) is 6. The number of rotatable bonds is 10. The lowest BCUT2D eigenvalue weighted by atomic mass is 10.2. The van der Waals surface area contributed by atoms with E-state index >= 15 is 0 Å². The number of anilines is 1. The molecule has 0 saturated heterocycles. The fourth-order valence-electron chi connectivity index (χ4n) is 1.89. The van der Waals surface area contributed by atoms with Gasteiger partial charge in [-0.2, -0.15) is 5.26 Å². The Morgan fingerprint density at radius 3 is 2.72 bits per heavy atom. The molecule has 1 rings (SSSR count). The first-order chi connectivity index (χ1) is 11.9. The minimum atomic E-state index is -0.856. The second-order valence-corrected chi connectivity index (χ2v) is 5.08. The first kappa shape index (κ1) is 19.6. The maximum atomic E-state index is 11.9. The number of hydrogen-bond donors (Lipinski definition) is 3. The molecule has 1 amide bonds. The summed E-state index contributed by atoms with van der Waals surface area (Å²) in [5.41, 5.74) is 0.100. The third kappa shape index (κ3) is 7.60. The van der Waals surface area contributed by atoms with E-state index in [1.165, 1.54) is 24.4 Å². The maximum Gasteiger partial charge on any atom is 0.303 e. The molecule has 132 valence electrons. The number of amides is 1. The first-order valence-electron chi connectivity index (χ1n) is 7.55. The normalized spacial score (nSPS) is 10.6. The van der Waals surface area contributed by atoms with E-state index in [1.54, 1.807) is 12.1 Å². The highest BCUT2D eigenvalue weighted by atomic mass is 16.6. The van der Waals surface area contributed by atoms with Crippen LogP contribution in [0.1, 0.15) is 25.7 Å². The van der Waals surface area contributed by atoms with Gasteiger partial charge in [0.1, 0.15) is 11.6 Å². The van der Waals surface area contributed by atoms with Crippen LogP contribution in [0.5, 0.6) is 0 Å². The predicted molar refractivity (Wildman–Crippen MR) is 89.5 cm³/mol. The molecule has 0 spiro atoms. The van der Waals surface area contributed by atoms with Crippen LogP contribution in [0.2, 0.25) is 0 Å². The summed E-state index contributed by atoms with van der Waals surface area (Å²) in [4.78, 5) is 32.4. The molecule has 0 radical (unpaired) electrons. The van der Waals surface area contributed by atoms with Crippen molar-refractivity contribution in [3.05, 3.63) is 46.2 Å². The van der Waals surface area contributed by atoms with Crippen molar-refractivity contribution in [3.63, 3.8) is 0 Å². The van der Waals surface area contributed by atoms with Crippen molar-refractivity contribution in [2.75, 3.05) is 11.9 Å². The topological polar surface area (TPSA) is 145 Å². The number of carboxylic acid groups (broad SMARTS) is 1. The van der Waals surface area contributed by atoms with Crippen LogP contribution in [-0.4, -0.2) is 28.5 Å². The Hall–Kier alpha value is -3.41. The zero-order valence-electron chi connectivity index (χ0n) is 13.4. The highest BCUT2D eigenvalue weighted by molar-refractivity contribution is 5.97. The number of aliphatic carboxylic acids is 1. The molecule has 3 N–H and O–H groups in total. The number of non-ortho nitro benzene ring substituents is 1. The third-order valence-electron chi connectivity index (χ3n) is 3.16. The molecule has 0 bridgehead atoms. The van der Waals surface area contributed by atoms with Gasteiger partial charge >= 0.3 is 5.97 Å². The summed E-state index contributed by atoms with van der Waals surface area (Å²) in [5, 5.41) is 33.5. The molecule has 0 heterocycles. The van der Waals surface area contributed by atoms with Crippen LogP contribution >= 0.6 is 0 Å². The monoisotopic (exact) mass is 346 g/mol. The summed E-state index contributed by atoms with van der Waals surface area (Å²) in [6.45, 7) is 0.328. The lowest BCUT2D eigenvalue weighted by molar-refractivity contribution is -0.384. The predicted octanol–water partition coefficient (Wildman–Crippen LogP) is 2.18. The van der Waals surface area contributed by atoms with Crippen molar-refractivity contribution < 1.29 is 19.6 Å². The van der Waals surface area contributed by atoms with E-state index in [4.69, 9.17) is 10.4 Å².